The summed E-state index contributed by atoms with van der Waals surface area (Å²) in [7, 11) is 0. The monoisotopic (exact) mass is 332 g/mol. The lowest BCUT2D eigenvalue weighted by atomic mass is 9.98. The van der Waals surface area contributed by atoms with E-state index in [-0.39, 0.29) is 11.3 Å². The van der Waals surface area contributed by atoms with E-state index in [9.17, 15) is 9.90 Å². The first-order valence-electron chi connectivity index (χ1n) is 8.35. The van der Waals surface area contributed by atoms with E-state index in [2.05, 4.69) is 13.0 Å². The van der Waals surface area contributed by atoms with Crippen molar-refractivity contribution in [1.29, 1.82) is 0 Å². The van der Waals surface area contributed by atoms with Crippen molar-refractivity contribution < 1.29 is 15.0 Å². The van der Waals surface area contributed by atoms with Crippen molar-refractivity contribution in [2.75, 3.05) is 0 Å². The molecule has 0 radical (unpaired) electrons. The second-order valence-electron chi connectivity index (χ2n) is 6.05. The van der Waals surface area contributed by atoms with Crippen LogP contribution in [0.25, 0.3) is 28.0 Å². The van der Waals surface area contributed by atoms with Crippen LogP contribution in [0, 0.1) is 0 Å². The summed E-state index contributed by atoms with van der Waals surface area (Å²) in [4.78, 5) is 11.1. The Morgan fingerprint density at radius 3 is 2.40 bits per heavy atom. The van der Waals surface area contributed by atoms with Gasteiger partial charge in [-0.25, -0.2) is 4.79 Å². The molecule has 0 aliphatic rings. The van der Waals surface area contributed by atoms with E-state index < -0.39 is 5.97 Å². The van der Waals surface area contributed by atoms with Gasteiger partial charge in [0.15, 0.2) is 0 Å². The summed E-state index contributed by atoms with van der Waals surface area (Å²) in [6.07, 6.45) is 6.06. The van der Waals surface area contributed by atoms with Crippen molar-refractivity contribution in [2.45, 2.75) is 19.8 Å². The first-order valence-corrected chi connectivity index (χ1v) is 8.35. The highest BCUT2D eigenvalue weighted by Crippen LogP contribution is 2.29. The van der Waals surface area contributed by atoms with Crippen LogP contribution in [-0.2, 0) is 0 Å². The van der Waals surface area contributed by atoms with Crippen molar-refractivity contribution in [1.82, 2.24) is 0 Å². The van der Waals surface area contributed by atoms with Crippen LogP contribution in [0.15, 0.2) is 60.7 Å². The summed E-state index contributed by atoms with van der Waals surface area (Å²) in [5.41, 5.74) is 3.12. The average Bonchev–Trinajstić information content (AvgIpc) is 2.62. The van der Waals surface area contributed by atoms with Gasteiger partial charge in [-0.2, -0.15) is 0 Å². The molecule has 3 heteroatoms. The molecule has 0 amide bonds. The Balaban J connectivity index is 2.00. The minimum absolute atomic E-state index is 0.267. The fourth-order valence-corrected chi connectivity index (χ4v) is 2.80. The molecule has 0 fully saturated rings. The van der Waals surface area contributed by atoms with Gasteiger partial charge in [0.05, 0.1) is 5.56 Å². The molecule has 0 bridgehead atoms. The van der Waals surface area contributed by atoms with Gasteiger partial charge in [-0.15, -0.1) is 0 Å². The summed E-state index contributed by atoms with van der Waals surface area (Å²) < 4.78 is 0. The van der Waals surface area contributed by atoms with Crippen molar-refractivity contribution in [3.63, 3.8) is 0 Å². The van der Waals surface area contributed by atoms with Crippen LogP contribution in [0.5, 0.6) is 5.75 Å². The van der Waals surface area contributed by atoms with Gasteiger partial charge in [-0.3, -0.25) is 0 Å². The number of carboxylic acids is 1. The molecule has 0 heterocycles. The topological polar surface area (TPSA) is 57.5 Å². The molecule has 0 aromatic heterocycles. The molecule has 0 aliphatic heterocycles. The second-order valence-corrected chi connectivity index (χ2v) is 6.05. The van der Waals surface area contributed by atoms with E-state index in [4.69, 9.17) is 5.11 Å². The lowest BCUT2D eigenvalue weighted by Crippen LogP contribution is -1.95. The SMILES string of the molecule is CCCC=Cc1cc(-c2ccc3cc(C(=O)O)ccc3c2)ccc1O. The molecule has 3 aromatic carbocycles. The number of rotatable bonds is 5. The highest BCUT2D eigenvalue weighted by atomic mass is 16.4. The van der Waals surface area contributed by atoms with Crippen molar-refractivity contribution >= 4 is 22.8 Å². The lowest BCUT2D eigenvalue weighted by molar-refractivity contribution is 0.0697. The smallest absolute Gasteiger partial charge is 0.335 e. The standard InChI is InChI=1S/C22H20O3/c1-2-3-4-5-19-13-18(10-11-21(19)23)15-6-7-17-14-20(22(24)25)9-8-16(17)12-15/h4-14,23H,2-3H2,1H3,(H,24,25). The van der Waals surface area contributed by atoms with E-state index in [0.717, 1.165) is 40.3 Å². The molecule has 0 spiro atoms. The second kappa shape index (κ2) is 7.22. The number of benzene rings is 3. The molecule has 0 aliphatic carbocycles. The number of allylic oxidation sites excluding steroid dienone is 1. The Kier molecular flexibility index (Phi) is 4.85. The fourth-order valence-electron chi connectivity index (χ4n) is 2.80. The molecular weight excluding hydrogens is 312 g/mol. The van der Waals surface area contributed by atoms with Gasteiger partial charge in [0, 0.05) is 5.56 Å². The van der Waals surface area contributed by atoms with Crippen molar-refractivity contribution in [3.8, 4) is 16.9 Å². The maximum absolute atomic E-state index is 11.1. The number of hydrogen-bond donors (Lipinski definition) is 2. The van der Waals surface area contributed by atoms with E-state index in [0.29, 0.717) is 0 Å². The predicted molar refractivity (Wildman–Crippen MR) is 102 cm³/mol. The number of aromatic carboxylic acids is 1. The van der Waals surface area contributed by atoms with Gasteiger partial charge in [0.2, 0.25) is 0 Å². The Morgan fingerprint density at radius 2 is 1.64 bits per heavy atom. The fraction of sp³-hybridized carbons (Fsp3) is 0.136. The third-order valence-corrected chi connectivity index (χ3v) is 4.20. The molecule has 3 aromatic rings. The van der Waals surface area contributed by atoms with Crippen LogP contribution in [0.1, 0.15) is 35.7 Å². The maximum Gasteiger partial charge on any atom is 0.335 e. The van der Waals surface area contributed by atoms with Crippen LogP contribution in [0.2, 0.25) is 0 Å². The third-order valence-electron chi connectivity index (χ3n) is 4.20. The quantitative estimate of drug-likeness (QED) is 0.628. The van der Waals surface area contributed by atoms with Crippen LogP contribution in [0.3, 0.4) is 0 Å². The summed E-state index contributed by atoms with van der Waals surface area (Å²) in [6, 6.07) is 16.6. The highest BCUT2D eigenvalue weighted by molar-refractivity contribution is 5.95. The van der Waals surface area contributed by atoms with E-state index in [1.807, 2.05) is 42.5 Å². The summed E-state index contributed by atoms with van der Waals surface area (Å²) in [5.74, 6) is -0.656. The lowest BCUT2D eigenvalue weighted by Gasteiger charge is -2.07. The number of carbonyl (C=O) groups is 1. The molecule has 126 valence electrons. The molecule has 0 atom stereocenters. The number of fused-ring (bicyclic) bond motifs is 1. The van der Waals surface area contributed by atoms with Crippen LogP contribution >= 0.6 is 0 Å². The molecule has 0 saturated heterocycles. The normalized spacial score (nSPS) is 11.2. The minimum atomic E-state index is -0.923. The average molecular weight is 332 g/mol. The van der Waals surface area contributed by atoms with Crippen molar-refractivity contribution in [2.24, 2.45) is 0 Å². The van der Waals surface area contributed by atoms with Crippen LogP contribution < -0.4 is 0 Å². The van der Waals surface area contributed by atoms with Gasteiger partial charge in [-0.1, -0.05) is 49.8 Å². The number of phenols is 1. The van der Waals surface area contributed by atoms with Crippen LogP contribution in [-0.4, -0.2) is 16.2 Å². The Morgan fingerprint density at radius 1 is 0.960 bits per heavy atom. The largest absolute Gasteiger partial charge is 0.507 e. The molecule has 3 nitrogen and oxygen atoms in total. The van der Waals surface area contributed by atoms with Gasteiger partial charge < -0.3 is 10.2 Å². The molecule has 3 rings (SSSR count). The van der Waals surface area contributed by atoms with Crippen molar-refractivity contribution in [3.05, 3.63) is 71.8 Å². The summed E-state index contributed by atoms with van der Waals surface area (Å²) >= 11 is 0. The number of phenolic OH excluding ortho intramolecular Hbond substituents is 1. The van der Waals surface area contributed by atoms with Crippen LogP contribution in [0.4, 0.5) is 0 Å². The zero-order valence-electron chi connectivity index (χ0n) is 14.1. The van der Waals surface area contributed by atoms with E-state index in [1.54, 1.807) is 18.2 Å². The summed E-state index contributed by atoms with van der Waals surface area (Å²) in [5, 5.41) is 21.0. The zero-order valence-corrected chi connectivity index (χ0v) is 14.1. The third kappa shape index (κ3) is 3.72. The zero-order chi connectivity index (χ0) is 17.8. The first-order chi connectivity index (χ1) is 12.1. The number of unbranched alkanes of at least 4 members (excludes halogenated alkanes) is 1. The minimum Gasteiger partial charge on any atom is -0.507 e. The molecule has 25 heavy (non-hydrogen) atoms. The van der Waals surface area contributed by atoms with Gasteiger partial charge >= 0.3 is 5.97 Å². The molecular formula is C22H20O3. The number of hydrogen-bond acceptors (Lipinski definition) is 2. The van der Waals surface area contributed by atoms with Gasteiger partial charge in [0.1, 0.15) is 5.75 Å². The van der Waals surface area contributed by atoms with E-state index >= 15 is 0 Å². The van der Waals surface area contributed by atoms with Gasteiger partial charge in [0.25, 0.3) is 0 Å². The molecule has 0 unspecified atom stereocenters. The van der Waals surface area contributed by atoms with Gasteiger partial charge in [-0.05, 0) is 58.7 Å². The number of aromatic hydroxyl groups is 1. The number of carboxylic acid groups (broad SMARTS) is 1. The maximum atomic E-state index is 11.1. The Bertz CT molecular complexity index is 955. The summed E-state index contributed by atoms with van der Waals surface area (Å²) in [6.45, 7) is 2.12. The molecule has 2 N–H and O–H groups in total. The van der Waals surface area contributed by atoms with E-state index in [1.165, 1.54) is 0 Å². The highest BCUT2D eigenvalue weighted by Gasteiger charge is 2.06. The first kappa shape index (κ1) is 16.8. The Hall–Kier alpha value is -3.07. The Labute approximate surface area is 146 Å². The predicted octanol–water partition coefficient (Wildman–Crippen LogP) is 5.72. The molecule has 0 saturated carbocycles.